The van der Waals surface area contributed by atoms with Gasteiger partial charge in [-0.3, -0.25) is 0 Å². The molecule has 0 bridgehead atoms. The molecule has 0 aromatic carbocycles. The van der Waals surface area contributed by atoms with Crippen molar-refractivity contribution < 1.29 is 9.53 Å². The summed E-state index contributed by atoms with van der Waals surface area (Å²) in [5, 5.41) is 7.03. The molecule has 1 aromatic heterocycles. The zero-order chi connectivity index (χ0) is 11.4. The van der Waals surface area contributed by atoms with Crippen molar-refractivity contribution in [2.75, 3.05) is 20.3 Å². The summed E-state index contributed by atoms with van der Waals surface area (Å²) < 4.78 is 5.21. The largest absolute Gasteiger partial charge is 0.379 e. The average molecular weight is 240 g/mol. The number of rotatable bonds is 3. The summed E-state index contributed by atoms with van der Waals surface area (Å²) in [7, 11) is 1.81. The molecule has 1 N–H and O–H groups in total. The van der Waals surface area contributed by atoms with Crippen LogP contribution in [0.4, 0.5) is 4.79 Å². The lowest BCUT2D eigenvalue weighted by atomic mass is 10.3. The van der Waals surface area contributed by atoms with Crippen LogP contribution in [-0.4, -0.2) is 37.2 Å². The van der Waals surface area contributed by atoms with Crippen LogP contribution in [0.3, 0.4) is 0 Å². The number of thiophene rings is 1. The number of ether oxygens (including phenoxy) is 1. The molecule has 0 saturated carbocycles. The predicted molar refractivity (Wildman–Crippen MR) is 63.5 cm³/mol. The highest BCUT2D eigenvalue weighted by molar-refractivity contribution is 7.07. The van der Waals surface area contributed by atoms with Crippen molar-refractivity contribution in [3.63, 3.8) is 0 Å². The van der Waals surface area contributed by atoms with Gasteiger partial charge in [-0.1, -0.05) is 0 Å². The number of nitrogens with zero attached hydrogens (tertiary/aromatic N) is 1. The molecular formula is C11H16N2O2S. The highest BCUT2D eigenvalue weighted by Crippen LogP contribution is 2.09. The fraction of sp³-hybridized carbons (Fsp3) is 0.545. The molecular weight excluding hydrogens is 224 g/mol. The smallest absolute Gasteiger partial charge is 0.317 e. The lowest BCUT2D eigenvalue weighted by Gasteiger charge is -2.19. The van der Waals surface area contributed by atoms with E-state index in [0.717, 1.165) is 13.0 Å². The van der Waals surface area contributed by atoms with Crippen molar-refractivity contribution in [1.29, 1.82) is 0 Å². The lowest BCUT2D eigenvalue weighted by Crippen LogP contribution is -2.42. The van der Waals surface area contributed by atoms with Crippen molar-refractivity contribution in [3.8, 4) is 0 Å². The number of hydrogen-bond acceptors (Lipinski definition) is 3. The third kappa shape index (κ3) is 2.96. The fourth-order valence-electron chi connectivity index (χ4n) is 1.66. The molecule has 1 aliphatic rings. The monoisotopic (exact) mass is 240 g/mol. The maximum absolute atomic E-state index is 11.8. The van der Waals surface area contributed by atoms with Gasteiger partial charge in [0.2, 0.25) is 0 Å². The molecule has 1 unspecified atom stereocenters. The van der Waals surface area contributed by atoms with Gasteiger partial charge in [0, 0.05) is 20.2 Å². The summed E-state index contributed by atoms with van der Waals surface area (Å²) in [6, 6.07) is 2.19. The van der Waals surface area contributed by atoms with Gasteiger partial charge in [0.15, 0.2) is 0 Å². The highest BCUT2D eigenvalue weighted by Gasteiger charge is 2.19. The van der Waals surface area contributed by atoms with Gasteiger partial charge < -0.3 is 15.0 Å². The van der Waals surface area contributed by atoms with Crippen molar-refractivity contribution >= 4 is 17.4 Å². The van der Waals surface area contributed by atoms with Gasteiger partial charge in [-0.05, 0) is 28.8 Å². The molecule has 16 heavy (non-hydrogen) atoms. The van der Waals surface area contributed by atoms with Crippen LogP contribution < -0.4 is 5.32 Å². The Labute approximate surface area is 99.2 Å². The maximum Gasteiger partial charge on any atom is 0.317 e. The maximum atomic E-state index is 11.8. The van der Waals surface area contributed by atoms with Crippen molar-refractivity contribution in [1.82, 2.24) is 10.2 Å². The Bertz CT molecular complexity index is 334. The minimum atomic E-state index is -0.0262. The van der Waals surface area contributed by atoms with Gasteiger partial charge in [0.05, 0.1) is 12.6 Å². The van der Waals surface area contributed by atoms with E-state index < -0.39 is 0 Å². The summed E-state index contributed by atoms with van der Waals surface area (Å²) in [5.74, 6) is 0. The van der Waals surface area contributed by atoms with Crippen LogP contribution >= 0.6 is 11.3 Å². The van der Waals surface area contributed by atoms with Crippen molar-refractivity contribution in [3.05, 3.63) is 22.4 Å². The van der Waals surface area contributed by atoms with Crippen LogP contribution in [0.25, 0.3) is 0 Å². The molecule has 1 aliphatic heterocycles. The van der Waals surface area contributed by atoms with E-state index in [2.05, 4.69) is 10.7 Å². The minimum absolute atomic E-state index is 0.0262. The van der Waals surface area contributed by atoms with Crippen LogP contribution in [0, 0.1) is 0 Å². The summed E-state index contributed by atoms with van der Waals surface area (Å²) >= 11 is 1.65. The van der Waals surface area contributed by atoms with Gasteiger partial charge >= 0.3 is 6.03 Å². The van der Waals surface area contributed by atoms with E-state index in [1.807, 2.05) is 18.5 Å². The van der Waals surface area contributed by atoms with Gasteiger partial charge in [-0.25, -0.2) is 4.79 Å². The van der Waals surface area contributed by atoms with E-state index >= 15 is 0 Å². The second-order valence-electron chi connectivity index (χ2n) is 4.00. The predicted octanol–water partition coefficient (Wildman–Crippen LogP) is 1.68. The summed E-state index contributed by atoms with van der Waals surface area (Å²) in [5.41, 5.74) is 1.17. The molecule has 88 valence electrons. The Hall–Kier alpha value is -1.07. The molecule has 2 heterocycles. The van der Waals surface area contributed by atoms with E-state index in [1.54, 1.807) is 16.2 Å². The summed E-state index contributed by atoms with van der Waals surface area (Å²) in [6.45, 7) is 2.04. The third-order valence-electron chi connectivity index (χ3n) is 2.60. The molecule has 2 amide bonds. The average Bonchev–Trinajstić information content (AvgIpc) is 2.90. The second-order valence-corrected chi connectivity index (χ2v) is 4.78. The number of nitrogens with one attached hydrogen (secondary N) is 1. The zero-order valence-corrected chi connectivity index (χ0v) is 10.1. The minimum Gasteiger partial charge on any atom is -0.379 e. The molecule has 4 nitrogen and oxygen atoms in total. The third-order valence-corrected chi connectivity index (χ3v) is 3.34. The first-order valence-electron chi connectivity index (χ1n) is 5.36. The molecule has 0 radical (unpaired) electrons. The SMILES string of the molecule is CN(Cc1ccsc1)C(=O)NC1CCOC1. The van der Waals surface area contributed by atoms with Crippen LogP contribution in [0.15, 0.2) is 16.8 Å². The summed E-state index contributed by atoms with van der Waals surface area (Å²) in [6.07, 6.45) is 0.915. The highest BCUT2D eigenvalue weighted by atomic mass is 32.1. The molecule has 0 aliphatic carbocycles. The normalized spacial score (nSPS) is 19.7. The molecule has 1 aromatic rings. The van der Waals surface area contributed by atoms with E-state index in [1.165, 1.54) is 5.56 Å². The first-order chi connectivity index (χ1) is 7.75. The number of hydrogen-bond donors (Lipinski definition) is 1. The van der Waals surface area contributed by atoms with Crippen LogP contribution in [-0.2, 0) is 11.3 Å². The van der Waals surface area contributed by atoms with E-state index in [-0.39, 0.29) is 12.1 Å². The number of amides is 2. The van der Waals surface area contributed by atoms with Gasteiger partial charge in [-0.2, -0.15) is 11.3 Å². The van der Waals surface area contributed by atoms with Crippen LogP contribution in [0.5, 0.6) is 0 Å². The number of carbonyl (C=O) groups excluding carboxylic acids is 1. The van der Waals surface area contributed by atoms with Gasteiger partial charge in [0.25, 0.3) is 0 Å². The Balaban J connectivity index is 1.79. The Morgan fingerprint density at radius 2 is 2.62 bits per heavy atom. The van der Waals surface area contributed by atoms with Crippen LogP contribution in [0.1, 0.15) is 12.0 Å². The Morgan fingerprint density at radius 1 is 1.75 bits per heavy atom. The van der Waals surface area contributed by atoms with Crippen LogP contribution in [0.2, 0.25) is 0 Å². The van der Waals surface area contributed by atoms with E-state index in [4.69, 9.17) is 4.74 Å². The fourth-order valence-corrected chi connectivity index (χ4v) is 2.32. The first-order valence-corrected chi connectivity index (χ1v) is 6.30. The zero-order valence-electron chi connectivity index (χ0n) is 9.31. The van der Waals surface area contributed by atoms with Crippen molar-refractivity contribution in [2.45, 2.75) is 19.0 Å². The number of carbonyl (C=O) groups is 1. The molecule has 1 atom stereocenters. The Kier molecular flexibility index (Phi) is 3.79. The standard InChI is InChI=1S/C11H16N2O2S/c1-13(6-9-3-5-16-8-9)11(14)12-10-2-4-15-7-10/h3,5,8,10H,2,4,6-7H2,1H3,(H,12,14). The topological polar surface area (TPSA) is 41.6 Å². The summed E-state index contributed by atoms with van der Waals surface area (Å²) in [4.78, 5) is 13.5. The van der Waals surface area contributed by atoms with E-state index in [0.29, 0.717) is 13.2 Å². The van der Waals surface area contributed by atoms with Gasteiger partial charge in [-0.15, -0.1) is 0 Å². The second kappa shape index (κ2) is 5.32. The molecule has 1 saturated heterocycles. The molecule has 5 heteroatoms. The quantitative estimate of drug-likeness (QED) is 0.873. The molecule has 1 fully saturated rings. The van der Waals surface area contributed by atoms with E-state index in [9.17, 15) is 4.79 Å². The number of urea groups is 1. The Morgan fingerprint density at radius 3 is 3.25 bits per heavy atom. The molecule has 0 spiro atoms. The first kappa shape index (κ1) is 11.4. The van der Waals surface area contributed by atoms with Crippen molar-refractivity contribution in [2.24, 2.45) is 0 Å². The van der Waals surface area contributed by atoms with Gasteiger partial charge in [0.1, 0.15) is 0 Å². The molecule has 2 rings (SSSR count). The lowest BCUT2D eigenvalue weighted by molar-refractivity contribution is 0.181.